The van der Waals surface area contributed by atoms with Crippen molar-refractivity contribution in [3.05, 3.63) is 65.7 Å². The normalized spacial score (nSPS) is 11.9. The van der Waals surface area contributed by atoms with Gasteiger partial charge in [-0.25, -0.2) is 0 Å². The van der Waals surface area contributed by atoms with Gasteiger partial charge in [-0.3, -0.25) is 4.79 Å². The highest BCUT2D eigenvalue weighted by atomic mass is 16.3. The fourth-order valence-electron chi connectivity index (χ4n) is 2.10. The van der Waals surface area contributed by atoms with Gasteiger partial charge in [-0.2, -0.15) is 0 Å². The standard InChI is InChI=1S/C17H20N2O2/c18-15-9-5-4-6-13(15)10-11-17(21)19-12-16(20)14-7-2-1-3-8-14/h1-9,16,20H,10-12,18H2,(H,19,21). The van der Waals surface area contributed by atoms with Gasteiger partial charge in [0.05, 0.1) is 6.10 Å². The first-order valence-corrected chi connectivity index (χ1v) is 7.00. The van der Waals surface area contributed by atoms with Gasteiger partial charge in [-0.05, 0) is 23.6 Å². The molecule has 0 spiro atoms. The molecule has 1 unspecified atom stereocenters. The minimum Gasteiger partial charge on any atom is -0.399 e. The van der Waals surface area contributed by atoms with Gasteiger partial charge in [0.2, 0.25) is 5.91 Å². The summed E-state index contributed by atoms with van der Waals surface area (Å²) in [6.45, 7) is 0.215. The molecule has 0 bridgehead atoms. The van der Waals surface area contributed by atoms with Gasteiger partial charge in [-0.15, -0.1) is 0 Å². The number of carbonyl (C=O) groups is 1. The first-order valence-electron chi connectivity index (χ1n) is 7.00. The number of para-hydroxylation sites is 1. The molecular formula is C17H20N2O2. The Labute approximate surface area is 124 Å². The molecule has 4 nitrogen and oxygen atoms in total. The van der Waals surface area contributed by atoms with Crippen molar-refractivity contribution in [1.29, 1.82) is 0 Å². The van der Waals surface area contributed by atoms with Crippen LogP contribution in [0.4, 0.5) is 5.69 Å². The summed E-state index contributed by atoms with van der Waals surface area (Å²) in [4.78, 5) is 11.8. The van der Waals surface area contributed by atoms with Crippen LogP contribution in [0.1, 0.15) is 23.7 Å². The zero-order valence-electron chi connectivity index (χ0n) is 11.8. The van der Waals surface area contributed by atoms with E-state index in [0.717, 1.165) is 11.1 Å². The van der Waals surface area contributed by atoms with E-state index in [4.69, 9.17) is 5.73 Å². The maximum atomic E-state index is 11.8. The Kier molecular flexibility index (Phi) is 5.35. The van der Waals surface area contributed by atoms with E-state index in [-0.39, 0.29) is 12.5 Å². The molecule has 0 aliphatic rings. The van der Waals surface area contributed by atoms with Gasteiger partial charge in [-0.1, -0.05) is 48.5 Å². The SMILES string of the molecule is Nc1ccccc1CCC(=O)NCC(O)c1ccccc1. The molecule has 4 heteroatoms. The number of nitrogens with one attached hydrogen (secondary N) is 1. The topological polar surface area (TPSA) is 75.4 Å². The van der Waals surface area contributed by atoms with E-state index in [9.17, 15) is 9.90 Å². The number of nitrogen functional groups attached to an aromatic ring is 1. The fourth-order valence-corrected chi connectivity index (χ4v) is 2.10. The molecule has 0 saturated heterocycles. The number of aryl methyl sites for hydroxylation is 1. The lowest BCUT2D eigenvalue weighted by Gasteiger charge is -2.12. The van der Waals surface area contributed by atoms with Crippen LogP contribution in [0.5, 0.6) is 0 Å². The van der Waals surface area contributed by atoms with Crippen molar-refractivity contribution in [1.82, 2.24) is 5.32 Å². The predicted octanol–water partition coefficient (Wildman–Crippen LogP) is 2.05. The molecule has 4 N–H and O–H groups in total. The number of hydrogen-bond donors (Lipinski definition) is 3. The summed E-state index contributed by atoms with van der Waals surface area (Å²) in [5.41, 5.74) is 8.30. The van der Waals surface area contributed by atoms with Crippen LogP contribution in [0.15, 0.2) is 54.6 Å². The average molecular weight is 284 g/mol. The van der Waals surface area contributed by atoms with Crippen molar-refractivity contribution < 1.29 is 9.90 Å². The number of carbonyl (C=O) groups excluding carboxylic acids is 1. The molecule has 0 radical (unpaired) electrons. The number of anilines is 1. The molecule has 0 aliphatic carbocycles. The first-order chi connectivity index (χ1) is 10.2. The van der Waals surface area contributed by atoms with Crippen LogP contribution in [0, 0.1) is 0 Å². The fraction of sp³-hybridized carbons (Fsp3) is 0.235. The second kappa shape index (κ2) is 7.45. The van der Waals surface area contributed by atoms with Crippen molar-refractivity contribution >= 4 is 11.6 Å². The summed E-state index contributed by atoms with van der Waals surface area (Å²) in [7, 11) is 0. The Morgan fingerprint density at radius 2 is 1.76 bits per heavy atom. The zero-order valence-corrected chi connectivity index (χ0v) is 11.8. The van der Waals surface area contributed by atoms with Crippen LogP contribution in [0.25, 0.3) is 0 Å². The van der Waals surface area contributed by atoms with E-state index in [1.165, 1.54) is 0 Å². The second-order valence-electron chi connectivity index (χ2n) is 4.93. The van der Waals surface area contributed by atoms with E-state index < -0.39 is 6.10 Å². The Morgan fingerprint density at radius 3 is 2.48 bits per heavy atom. The molecular weight excluding hydrogens is 264 g/mol. The van der Waals surface area contributed by atoms with Crippen LogP contribution in [-0.2, 0) is 11.2 Å². The molecule has 1 atom stereocenters. The summed E-state index contributed by atoms with van der Waals surface area (Å²) >= 11 is 0. The third kappa shape index (κ3) is 4.61. The van der Waals surface area contributed by atoms with Crippen molar-refractivity contribution in [3.8, 4) is 0 Å². The number of nitrogens with two attached hydrogens (primary N) is 1. The lowest BCUT2D eigenvalue weighted by atomic mass is 10.1. The molecule has 0 fully saturated rings. The van der Waals surface area contributed by atoms with Crippen LogP contribution in [0.3, 0.4) is 0 Å². The number of aliphatic hydroxyl groups is 1. The second-order valence-corrected chi connectivity index (χ2v) is 4.93. The van der Waals surface area contributed by atoms with Gasteiger partial charge >= 0.3 is 0 Å². The van der Waals surface area contributed by atoms with E-state index in [1.54, 1.807) is 0 Å². The minimum atomic E-state index is -0.683. The third-order valence-corrected chi connectivity index (χ3v) is 3.35. The predicted molar refractivity (Wildman–Crippen MR) is 83.6 cm³/mol. The van der Waals surface area contributed by atoms with Crippen molar-refractivity contribution in [3.63, 3.8) is 0 Å². The Bertz CT molecular complexity index is 584. The largest absolute Gasteiger partial charge is 0.399 e. The Morgan fingerprint density at radius 1 is 1.10 bits per heavy atom. The number of aliphatic hydroxyl groups excluding tert-OH is 1. The minimum absolute atomic E-state index is 0.0896. The summed E-state index contributed by atoms with van der Waals surface area (Å²) in [5.74, 6) is -0.0896. The molecule has 0 aliphatic heterocycles. The number of rotatable bonds is 6. The van der Waals surface area contributed by atoms with E-state index in [0.29, 0.717) is 18.5 Å². The maximum Gasteiger partial charge on any atom is 0.220 e. The summed E-state index contributed by atoms with van der Waals surface area (Å²) in [5, 5.41) is 12.7. The highest BCUT2D eigenvalue weighted by Crippen LogP contribution is 2.13. The molecule has 0 aromatic heterocycles. The van der Waals surface area contributed by atoms with Crippen LogP contribution in [0.2, 0.25) is 0 Å². The van der Waals surface area contributed by atoms with Crippen molar-refractivity contribution in [2.45, 2.75) is 18.9 Å². The van der Waals surface area contributed by atoms with E-state index >= 15 is 0 Å². The van der Waals surface area contributed by atoms with Gasteiger partial charge in [0.15, 0.2) is 0 Å². The number of hydrogen-bond acceptors (Lipinski definition) is 3. The Hall–Kier alpha value is -2.33. The van der Waals surface area contributed by atoms with Crippen LogP contribution >= 0.6 is 0 Å². The monoisotopic (exact) mass is 284 g/mol. The van der Waals surface area contributed by atoms with E-state index in [2.05, 4.69) is 5.32 Å². The molecule has 110 valence electrons. The van der Waals surface area contributed by atoms with Gasteiger partial charge in [0.1, 0.15) is 0 Å². The van der Waals surface area contributed by atoms with Crippen LogP contribution in [-0.4, -0.2) is 17.6 Å². The highest BCUT2D eigenvalue weighted by molar-refractivity contribution is 5.76. The average Bonchev–Trinajstić information content (AvgIpc) is 2.52. The molecule has 2 aromatic carbocycles. The lowest BCUT2D eigenvalue weighted by Crippen LogP contribution is -2.28. The summed E-state index contributed by atoms with van der Waals surface area (Å²) < 4.78 is 0. The zero-order chi connectivity index (χ0) is 15.1. The van der Waals surface area contributed by atoms with Crippen molar-refractivity contribution in [2.24, 2.45) is 0 Å². The molecule has 0 heterocycles. The summed E-state index contributed by atoms with van der Waals surface area (Å²) in [6, 6.07) is 16.8. The van der Waals surface area contributed by atoms with Crippen molar-refractivity contribution in [2.75, 3.05) is 12.3 Å². The molecule has 0 saturated carbocycles. The van der Waals surface area contributed by atoms with Gasteiger partial charge in [0, 0.05) is 18.7 Å². The smallest absolute Gasteiger partial charge is 0.220 e. The van der Waals surface area contributed by atoms with E-state index in [1.807, 2.05) is 54.6 Å². The molecule has 1 amide bonds. The maximum absolute atomic E-state index is 11.8. The molecule has 21 heavy (non-hydrogen) atoms. The van der Waals surface area contributed by atoms with Gasteiger partial charge < -0.3 is 16.2 Å². The molecule has 2 aromatic rings. The molecule has 2 rings (SSSR count). The lowest BCUT2D eigenvalue weighted by molar-refractivity contribution is -0.121. The number of amides is 1. The Balaban J connectivity index is 1.76. The highest BCUT2D eigenvalue weighted by Gasteiger charge is 2.09. The quantitative estimate of drug-likeness (QED) is 0.711. The third-order valence-electron chi connectivity index (χ3n) is 3.35. The summed E-state index contributed by atoms with van der Waals surface area (Å²) in [6.07, 6.45) is 0.271. The van der Waals surface area contributed by atoms with Crippen LogP contribution < -0.4 is 11.1 Å². The first kappa shape index (κ1) is 15.1. The van der Waals surface area contributed by atoms with Gasteiger partial charge in [0.25, 0.3) is 0 Å². The number of benzene rings is 2.